The van der Waals surface area contributed by atoms with E-state index >= 15 is 0 Å². The van der Waals surface area contributed by atoms with Gasteiger partial charge >= 0.3 is 5.97 Å². The van der Waals surface area contributed by atoms with Crippen molar-refractivity contribution in [3.8, 4) is 0 Å². The van der Waals surface area contributed by atoms with Crippen molar-refractivity contribution in [3.05, 3.63) is 45.4 Å². The summed E-state index contributed by atoms with van der Waals surface area (Å²) < 4.78 is 14.5. The number of aryl methyl sites for hydroxylation is 1. The monoisotopic (exact) mass is 420 g/mol. The van der Waals surface area contributed by atoms with E-state index in [1.54, 1.807) is 0 Å². The van der Waals surface area contributed by atoms with Gasteiger partial charge in [-0.25, -0.2) is 14.2 Å². The number of hydrogen-bond acceptors (Lipinski definition) is 5. The summed E-state index contributed by atoms with van der Waals surface area (Å²) in [4.78, 5) is 30.4. The number of pyridine rings is 2. The van der Waals surface area contributed by atoms with Crippen LogP contribution in [0.25, 0.3) is 10.9 Å². The highest BCUT2D eigenvalue weighted by Crippen LogP contribution is 2.40. The minimum absolute atomic E-state index is 0.0386. The van der Waals surface area contributed by atoms with Crippen LogP contribution in [0, 0.1) is 17.8 Å². The number of fused-ring (bicyclic) bond motifs is 2. The van der Waals surface area contributed by atoms with Crippen LogP contribution in [0.5, 0.6) is 0 Å². The zero-order chi connectivity index (χ0) is 20.9. The van der Waals surface area contributed by atoms with Crippen molar-refractivity contribution < 1.29 is 14.3 Å². The molecule has 2 aromatic rings. The fourth-order valence-electron chi connectivity index (χ4n) is 4.56. The molecule has 1 aliphatic carbocycles. The van der Waals surface area contributed by atoms with Crippen molar-refractivity contribution in [2.45, 2.75) is 19.5 Å². The Labute approximate surface area is 171 Å². The molecule has 0 aromatic carbocycles. The maximum atomic E-state index is 13.1. The second kappa shape index (κ2) is 7.42. The Bertz CT molecular complexity index is 1050. The largest absolute Gasteiger partial charge is 0.477 e. The zero-order valence-electron chi connectivity index (χ0n) is 15.9. The van der Waals surface area contributed by atoms with Gasteiger partial charge in [0.1, 0.15) is 23.1 Å². The van der Waals surface area contributed by atoms with Crippen LogP contribution in [0.3, 0.4) is 0 Å². The molecule has 0 amide bonds. The summed E-state index contributed by atoms with van der Waals surface area (Å²) in [6.07, 6.45) is 6.66. The quantitative estimate of drug-likeness (QED) is 0.736. The van der Waals surface area contributed by atoms with Gasteiger partial charge in [0.25, 0.3) is 0 Å². The highest BCUT2D eigenvalue weighted by molar-refractivity contribution is 6.37. The molecule has 2 aromatic heterocycles. The number of rotatable bonds is 4. The SMILES string of the molecule is C[C@H]1C=C[C@@H](N)[C@H]2CN(c3ncc4c(=O)c(C(=O)O)cn(CCF)c4c3Cl)C[C@H]21. The van der Waals surface area contributed by atoms with Crippen molar-refractivity contribution in [2.24, 2.45) is 23.5 Å². The summed E-state index contributed by atoms with van der Waals surface area (Å²) in [5, 5.41) is 9.58. The maximum Gasteiger partial charge on any atom is 0.341 e. The Hall–Kier alpha value is -2.45. The minimum atomic E-state index is -1.37. The molecule has 1 aliphatic heterocycles. The highest BCUT2D eigenvalue weighted by atomic mass is 35.5. The average Bonchev–Trinajstić information content (AvgIpc) is 3.13. The second-order valence-corrected chi connectivity index (χ2v) is 8.15. The smallest absolute Gasteiger partial charge is 0.341 e. The highest BCUT2D eigenvalue weighted by Gasteiger charge is 2.41. The number of anilines is 1. The molecule has 3 heterocycles. The number of nitrogens with zero attached hydrogens (tertiary/aromatic N) is 3. The van der Waals surface area contributed by atoms with Crippen LogP contribution in [0.4, 0.5) is 10.2 Å². The van der Waals surface area contributed by atoms with Gasteiger partial charge in [-0.1, -0.05) is 30.7 Å². The number of halogens is 2. The second-order valence-electron chi connectivity index (χ2n) is 7.77. The Kier molecular flexibility index (Phi) is 5.08. The van der Waals surface area contributed by atoms with Crippen molar-refractivity contribution in [3.63, 3.8) is 0 Å². The molecule has 9 heteroatoms. The number of allylic oxidation sites excluding steroid dienone is 1. The van der Waals surface area contributed by atoms with Gasteiger partial charge in [-0.05, 0) is 11.8 Å². The molecule has 2 aliphatic rings. The van der Waals surface area contributed by atoms with Gasteiger partial charge in [0, 0.05) is 37.4 Å². The number of carboxylic acid groups (broad SMARTS) is 1. The van der Waals surface area contributed by atoms with Crippen molar-refractivity contribution in [2.75, 3.05) is 24.7 Å². The van der Waals surface area contributed by atoms with Crippen LogP contribution in [0.2, 0.25) is 5.02 Å². The van der Waals surface area contributed by atoms with Crippen molar-refractivity contribution >= 4 is 34.3 Å². The summed E-state index contributed by atoms with van der Waals surface area (Å²) in [5.74, 6) is 0.149. The van der Waals surface area contributed by atoms with Gasteiger partial charge in [-0.15, -0.1) is 0 Å². The van der Waals surface area contributed by atoms with Crippen LogP contribution >= 0.6 is 11.6 Å². The van der Waals surface area contributed by atoms with Crippen LogP contribution in [-0.2, 0) is 6.54 Å². The minimum Gasteiger partial charge on any atom is -0.477 e. The number of carboxylic acids is 1. The van der Waals surface area contributed by atoms with Crippen LogP contribution in [-0.4, -0.2) is 46.4 Å². The van der Waals surface area contributed by atoms with E-state index in [-0.39, 0.29) is 28.9 Å². The lowest BCUT2D eigenvalue weighted by Crippen LogP contribution is -2.38. The first-order valence-electron chi connectivity index (χ1n) is 9.53. The van der Waals surface area contributed by atoms with E-state index < -0.39 is 23.6 Å². The Morgan fingerprint density at radius 3 is 2.76 bits per heavy atom. The number of alkyl halides is 1. The van der Waals surface area contributed by atoms with Gasteiger partial charge in [0.15, 0.2) is 0 Å². The van der Waals surface area contributed by atoms with E-state index in [9.17, 15) is 19.1 Å². The number of carbonyl (C=O) groups is 1. The van der Waals surface area contributed by atoms with E-state index in [4.69, 9.17) is 17.3 Å². The molecule has 4 rings (SSSR count). The summed E-state index contributed by atoms with van der Waals surface area (Å²) in [6, 6.07) is -0.0386. The van der Waals surface area contributed by atoms with E-state index in [0.717, 1.165) is 12.7 Å². The molecular formula is C20H22ClFN4O3. The fourth-order valence-corrected chi connectivity index (χ4v) is 4.94. The van der Waals surface area contributed by atoms with E-state index in [0.29, 0.717) is 29.7 Å². The first-order chi connectivity index (χ1) is 13.8. The number of aromatic nitrogens is 2. The van der Waals surface area contributed by atoms with Crippen LogP contribution < -0.4 is 16.1 Å². The standard InChI is InChI=1S/C20H22ClFN4O3/c1-10-2-3-15(23)13-8-26(7-12(10)13)19-16(21)17-11(6-24-19)18(27)14(20(28)29)9-25(17)5-4-22/h2-3,6,9-10,12-13,15H,4-5,7-8,23H2,1H3,(H,28,29)/t10-,12-,13-,15+/m0/s1. The maximum absolute atomic E-state index is 13.1. The number of nitrogens with two attached hydrogens (primary N) is 1. The molecule has 154 valence electrons. The van der Waals surface area contributed by atoms with Crippen LogP contribution in [0.1, 0.15) is 17.3 Å². The van der Waals surface area contributed by atoms with Gasteiger partial charge in [-0.2, -0.15) is 0 Å². The molecule has 0 spiro atoms. The third-order valence-corrected chi connectivity index (χ3v) is 6.46. The zero-order valence-corrected chi connectivity index (χ0v) is 16.6. The molecule has 1 saturated heterocycles. The van der Waals surface area contributed by atoms with Crippen LogP contribution in [0.15, 0.2) is 29.3 Å². The Balaban J connectivity index is 1.83. The molecule has 1 fully saturated rings. The normalized spacial score (nSPS) is 26.1. The van der Waals surface area contributed by atoms with Gasteiger partial charge < -0.3 is 20.3 Å². The molecule has 29 heavy (non-hydrogen) atoms. The van der Waals surface area contributed by atoms with Crippen molar-refractivity contribution in [1.29, 1.82) is 0 Å². The Morgan fingerprint density at radius 2 is 2.10 bits per heavy atom. The van der Waals surface area contributed by atoms with E-state index in [1.165, 1.54) is 10.8 Å². The lowest BCUT2D eigenvalue weighted by atomic mass is 9.77. The predicted octanol–water partition coefficient (Wildman–Crippen LogP) is 2.30. The molecule has 0 radical (unpaired) electrons. The van der Waals surface area contributed by atoms with Gasteiger partial charge in [0.2, 0.25) is 5.43 Å². The third-order valence-electron chi connectivity index (χ3n) is 6.11. The predicted molar refractivity (Wildman–Crippen MR) is 109 cm³/mol. The molecule has 3 N–H and O–H groups in total. The fraction of sp³-hybridized carbons (Fsp3) is 0.450. The average molecular weight is 421 g/mol. The van der Waals surface area contributed by atoms with Crippen molar-refractivity contribution in [1.82, 2.24) is 9.55 Å². The summed E-state index contributed by atoms with van der Waals surface area (Å²) in [5.41, 5.74) is 5.45. The molecule has 7 nitrogen and oxygen atoms in total. The Morgan fingerprint density at radius 1 is 1.38 bits per heavy atom. The first kappa shape index (κ1) is 19.8. The molecule has 0 unspecified atom stereocenters. The lowest BCUT2D eigenvalue weighted by molar-refractivity contribution is 0.0694. The summed E-state index contributed by atoms with van der Waals surface area (Å²) >= 11 is 6.66. The summed E-state index contributed by atoms with van der Waals surface area (Å²) in [6.45, 7) is 2.72. The topological polar surface area (TPSA) is 101 Å². The molecule has 0 bridgehead atoms. The van der Waals surface area contributed by atoms with E-state index in [2.05, 4.69) is 22.9 Å². The van der Waals surface area contributed by atoms with E-state index in [1.807, 2.05) is 6.08 Å². The number of hydrogen-bond donors (Lipinski definition) is 2. The lowest BCUT2D eigenvalue weighted by Gasteiger charge is -2.30. The summed E-state index contributed by atoms with van der Waals surface area (Å²) in [7, 11) is 0. The molecule has 0 saturated carbocycles. The third kappa shape index (κ3) is 3.20. The number of aromatic carboxylic acids is 1. The van der Waals surface area contributed by atoms with Gasteiger partial charge in [0.05, 0.1) is 17.4 Å². The first-order valence-corrected chi connectivity index (χ1v) is 9.91. The van der Waals surface area contributed by atoms with Gasteiger partial charge in [-0.3, -0.25) is 4.79 Å². The molecular weight excluding hydrogens is 399 g/mol. The molecule has 4 atom stereocenters.